The van der Waals surface area contributed by atoms with E-state index in [0.29, 0.717) is 11.3 Å². The van der Waals surface area contributed by atoms with Crippen LogP contribution in [-0.2, 0) is 20.2 Å². The van der Waals surface area contributed by atoms with Crippen LogP contribution in [0.1, 0.15) is 49.7 Å². The summed E-state index contributed by atoms with van der Waals surface area (Å²) in [5.74, 6) is 1.88. The molecule has 0 radical (unpaired) electrons. The number of sulfonamides is 1. The number of carbonyl (C=O) groups excluding carboxylic acids is 1. The van der Waals surface area contributed by atoms with Crippen molar-refractivity contribution in [1.82, 2.24) is 0 Å². The number of hydrogen-bond acceptors (Lipinski definition) is 5. The predicted molar refractivity (Wildman–Crippen MR) is 135 cm³/mol. The molecule has 4 aliphatic rings. The molecule has 9 heteroatoms. The molecule has 2 aromatic carbocycles. The van der Waals surface area contributed by atoms with Crippen LogP contribution in [0.15, 0.2) is 42.5 Å². The van der Waals surface area contributed by atoms with Crippen LogP contribution < -0.4 is 9.62 Å². The lowest BCUT2D eigenvalue weighted by atomic mass is 9.48. The lowest BCUT2D eigenvalue weighted by Crippen LogP contribution is -2.48. The zero-order valence-corrected chi connectivity index (χ0v) is 20.9. The van der Waals surface area contributed by atoms with E-state index in [0.717, 1.165) is 28.3 Å². The highest BCUT2D eigenvalue weighted by atomic mass is 32.2. The summed E-state index contributed by atoms with van der Waals surface area (Å²) >= 11 is 0. The van der Waals surface area contributed by atoms with E-state index in [1.165, 1.54) is 56.2 Å². The Bertz CT molecular complexity index is 1240. The first kappa shape index (κ1) is 23.8. The normalized spacial score (nSPS) is 27.0. The third-order valence-electron chi connectivity index (χ3n) is 8.27. The number of amides is 1. The van der Waals surface area contributed by atoms with E-state index in [-0.39, 0.29) is 16.8 Å². The number of rotatable bonds is 7. The summed E-state index contributed by atoms with van der Waals surface area (Å²) in [6.45, 7) is 1.13. The van der Waals surface area contributed by atoms with Gasteiger partial charge in [-0.2, -0.15) is 0 Å². The van der Waals surface area contributed by atoms with Gasteiger partial charge in [0.25, 0.3) is 5.69 Å². The Kier molecular flexibility index (Phi) is 5.86. The number of benzene rings is 2. The van der Waals surface area contributed by atoms with Crippen molar-refractivity contribution in [3.8, 4) is 0 Å². The Morgan fingerprint density at radius 3 is 2.14 bits per heavy atom. The molecule has 4 fully saturated rings. The summed E-state index contributed by atoms with van der Waals surface area (Å²) in [4.78, 5) is 23.5. The van der Waals surface area contributed by atoms with Gasteiger partial charge in [0.1, 0.15) is 6.54 Å². The fraction of sp³-hybridized carbons (Fsp3) is 0.500. The average Bonchev–Trinajstić information content (AvgIpc) is 2.77. The van der Waals surface area contributed by atoms with Crippen molar-refractivity contribution in [3.05, 3.63) is 63.7 Å². The second-order valence-corrected chi connectivity index (χ2v) is 12.7. The Labute approximate surface area is 205 Å². The van der Waals surface area contributed by atoms with Crippen molar-refractivity contribution in [1.29, 1.82) is 0 Å². The summed E-state index contributed by atoms with van der Waals surface area (Å²) in [5.41, 5.74) is 2.42. The van der Waals surface area contributed by atoms with Crippen LogP contribution in [0.5, 0.6) is 0 Å². The monoisotopic (exact) mass is 497 g/mol. The van der Waals surface area contributed by atoms with E-state index in [4.69, 9.17) is 0 Å². The van der Waals surface area contributed by atoms with Gasteiger partial charge in [0.15, 0.2) is 0 Å². The van der Waals surface area contributed by atoms with Crippen LogP contribution in [0.4, 0.5) is 17.1 Å². The number of nitrogens with one attached hydrogen (secondary N) is 1. The van der Waals surface area contributed by atoms with Crippen LogP contribution in [0.2, 0.25) is 0 Å². The van der Waals surface area contributed by atoms with Gasteiger partial charge in [-0.25, -0.2) is 8.42 Å². The first-order valence-corrected chi connectivity index (χ1v) is 14.0. The Morgan fingerprint density at radius 1 is 1.06 bits per heavy atom. The lowest BCUT2D eigenvalue weighted by Gasteiger charge is -2.57. The number of nitro benzene ring substituents is 1. The molecule has 35 heavy (non-hydrogen) atoms. The van der Waals surface area contributed by atoms with Gasteiger partial charge in [0.05, 0.1) is 28.1 Å². The van der Waals surface area contributed by atoms with Gasteiger partial charge in [-0.1, -0.05) is 18.2 Å². The summed E-state index contributed by atoms with van der Waals surface area (Å²) in [6.07, 6.45) is 8.82. The standard InChI is InChI=1S/C26H31N3O5S/c1-17-23(4-3-5-24(17)29(31)32)27-25(30)16-28(35(2,33)34)22-8-6-21(7-9-22)26-13-18-10-19(14-26)12-20(11-18)15-26/h3-9,18-20H,10-16H2,1-2H3,(H,27,30). The Balaban J connectivity index is 1.35. The summed E-state index contributed by atoms with van der Waals surface area (Å²) < 4.78 is 26.3. The van der Waals surface area contributed by atoms with E-state index < -0.39 is 27.4 Å². The zero-order valence-electron chi connectivity index (χ0n) is 20.1. The molecule has 0 aliphatic heterocycles. The summed E-state index contributed by atoms with van der Waals surface area (Å²) in [7, 11) is -3.73. The van der Waals surface area contributed by atoms with E-state index >= 15 is 0 Å². The van der Waals surface area contributed by atoms with Crippen molar-refractivity contribution in [2.45, 2.75) is 50.9 Å². The van der Waals surface area contributed by atoms with Crippen LogP contribution in [0, 0.1) is 34.8 Å². The number of anilines is 2. The molecule has 186 valence electrons. The highest BCUT2D eigenvalue weighted by Gasteiger charge is 2.51. The van der Waals surface area contributed by atoms with E-state index in [1.54, 1.807) is 25.1 Å². The van der Waals surface area contributed by atoms with Crippen molar-refractivity contribution in [2.24, 2.45) is 17.8 Å². The Morgan fingerprint density at radius 2 is 1.63 bits per heavy atom. The number of nitrogens with zero attached hydrogens (tertiary/aromatic N) is 2. The quantitative estimate of drug-likeness (QED) is 0.437. The van der Waals surface area contributed by atoms with Crippen LogP contribution in [0.25, 0.3) is 0 Å². The first-order valence-electron chi connectivity index (χ1n) is 12.2. The van der Waals surface area contributed by atoms with E-state index in [2.05, 4.69) is 5.32 Å². The smallest absolute Gasteiger partial charge is 0.274 e. The summed E-state index contributed by atoms with van der Waals surface area (Å²) in [6, 6.07) is 12.1. The third-order valence-corrected chi connectivity index (χ3v) is 9.41. The molecule has 0 atom stereocenters. The van der Waals surface area contributed by atoms with Gasteiger partial charge in [-0.3, -0.25) is 19.2 Å². The fourth-order valence-corrected chi connectivity index (χ4v) is 7.98. The van der Waals surface area contributed by atoms with Crippen molar-refractivity contribution >= 4 is 33.0 Å². The number of carbonyl (C=O) groups is 1. The third kappa shape index (κ3) is 4.53. The number of nitro groups is 1. The molecule has 4 bridgehead atoms. The topological polar surface area (TPSA) is 110 Å². The van der Waals surface area contributed by atoms with E-state index in [9.17, 15) is 23.3 Å². The molecular weight excluding hydrogens is 466 g/mol. The molecule has 8 nitrogen and oxygen atoms in total. The van der Waals surface area contributed by atoms with Crippen molar-refractivity contribution < 1.29 is 18.1 Å². The first-order chi connectivity index (χ1) is 16.5. The molecule has 1 N–H and O–H groups in total. The predicted octanol–water partition coefficient (Wildman–Crippen LogP) is 4.78. The maximum atomic E-state index is 12.8. The van der Waals surface area contributed by atoms with Gasteiger partial charge in [0.2, 0.25) is 15.9 Å². The largest absolute Gasteiger partial charge is 0.324 e. The molecule has 0 unspecified atom stereocenters. The molecule has 0 spiro atoms. The molecular formula is C26H31N3O5S. The minimum atomic E-state index is -3.73. The molecule has 0 heterocycles. The van der Waals surface area contributed by atoms with Crippen LogP contribution >= 0.6 is 0 Å². The minimum Gasteiger partial charge on any atom is -0.324 e. The van der Waals surface area contributed by atoms with Gasteiger partial charge >= 0.3 is 0 Å². The number of hydrogen-bond donors (Lipinski definition) is 1. The van der Waals surface area contributed by atoms with Crippen LogP contribution in [-0.4, -0.2) is 32.0 Å². The van der Waals surface area contributed by atoms with E-state index in [1.807, 2.05) is 12.1 Å². The maximum absolute atomic E-state index is 12.8. The summed E-state index contributed by atoms with van der Waals surface area (Å²) in [5, 5.41) is 13.8. The van der Waals surface area contributed by atoms with Gasteiger partial charge in [-0.15, -0.1) is 0 Å². The van der Waals surface area contributed by atoms with Crippen LogP contribution in [0.3, 0.4) is 0 Å². The molecule has 1 amide bonds. The van der Waals surface area contributed by atoms with Gasteiger partial charge < -0.3 is 5.32 Å². The highest BCUT2D eigenvalue weighted by Crippen LogP contribution is 2.60. The maximum Gasteiger partial charge on any atom is 0.274 e. The SMILES string of the molecule is Cc1c(NC(=O)CN(c2ccc(C34CC5CC(CC(C5)C3)C4)cc2)S(C)(=O)=O)cccc1[N+](=O)[O-]. The second-order valence-electron chi connectivity index (χ2n) is 10.8. The van der Waals surface area contributed by atoms with Crippen molar-refractivity contribution in [3.63, 3.8) is 0 Å². The molecule has 6 rings (SSSR count). The average molecular weight is 498 g/mol. The highest BCUT2D eigenvalue weighted by molar-refractivity contribution is 7.92. The molecule has 2 aromatic rings. The Hall–Kier alpha value is -2.94. The minimum absolute atomic E-state index is 0.108. The second kappa shape index (κ2) is 8.62. The van der Waals surface area contributed by atoms with Gasteiger partial charge in [0, 0.05) is 6.07 Å². The molecule has 4 aliphatic carbocycles. The molecule has 0 saturated heterocycles. The lowest BCUT2D eigenvalue weighted by molar-refractivity contribution is -0.385. The zero-order chi connectivity index (χ0) is 25.0. The molecule has 0 aromatic heterocycles. The van der Waals surface area contributed by atoms with Crippen molar-refractivity contribution in [2.75, 3.05) is 22.4 Å². The fourth-order valence-electron chi connectivity index (χ4n) is 7.12. The van der Waals surface area contributed by atoms with Gasteiger partial charge in [-0.05, 0) is 92.4 Å². The molecule has 4 saturated carbocycles.